The van der Waals surface area contributed by atoms with Crippen molar-refractivity contribution in [3.63, 3.8) is 0 Å². The number of hydrogen-bond donors (Lipinski definition) is 0. The number of halogens is 1. The lowest BCUT2D eigenvalue weighted by Gasteiger charge is -2.28. The summed E-state index contributed by atoms with van der Waals surface area (Å²) < 4.78 is 1.96. The second-order valence-corrected chi connectivity index (χ2v) is 6.06. The Bertz CT molecular complexity index is 398. The Morgan fingerprint density at radius 1 is 1.26 bits per heavy atom. The first-order chi connectivity index (χ1) is 8.86. The highest BCUT2D eigenvalue weighted by Gasteiger charge is 2.19. The quantitative estimate of drug-likeness (QED) is 0.720. The van der Waals surface area contributed by atoms with Crippen molar-refractivity contribution in [3.05, 3.63) is 11.3 Å². The summed E-state index contributed by atoms with van der Waals surface area (Å²) in [6.45, 7) is 9.56. The Hall–Kier alpha value is -0.740. The fraction of sp³-hybridized carbons (Fsp3) is 0.786. The van der Waals surface area contributed by atoms with Crippen LogP contribution in [0.5, 0.6) is 0 Å². The second-order valence-electron chi connectivity index (χ2n) is 5.79. The lowest BCUT2D eigenvalue weighted by Crippen LogP contribution is -2.36. The van der Waals surface area contributed by atoms with Crippen LogP contribution in [-0.2, 0) is 12.9 Å². The summed E-state index contributed by atoms with van der Waals surface area (Å²) in [5.74, 6) is 2.30. The molecule has 19 heavy (non-hydrogen) atoms. The highest BCUT2D eigenvalue weighted by molar-refractivity contribution is 6.17. The zero-order valence-electron chi connectivity index (χ0n) is 13.1. The maximum atomic E-state index is 6.10. The summed E-state index contributed by atoms with van der Waals surface area (Å²) in [6.07, 6.45) is 0. The van der Waals surface area contributed by atoms with Crippen molar-refractivity contribution in [1.29, 1.82) is 0 Å². The number of alkyl halides is 1. The van der Waals surface area contributed by atoms with Crippen molar-refractivity contribution in [2.75, 3.05) is 38.6 Å². The summed E-state index contributed by atoms with van der Waals surface area (Å²) in [7, 11) is 6.20. The van der Waals surface area contributed by atoms with Crippen molar-refractivity contribution < 1.29 is 0 Å². The van der Waals surface area contributed by atoms with E-state index in [4.69, 9.17) is 11.6 Å². The molecule has 0 atom stereocenters. The molecule has 1 heterocycles. The molecule has 0 aromatic carbocycles. The van der Waals surface area contributed by atoms with E-state index in [2.05, 4.69) is 42.8 Å². The number of hydrogen-bond acceptors (Lipinski definition) is 3. The van der Waals surface area contributed by atoms with Crippen molar-refractivity contribution in [2.24, 2.45) is 13.0 Å². The first-order valence-electron chi connectivity index (χ1n) is 6.84. The number of anilines is 1. The number of likely N-dealkylation sites (N-methyl/N-ethyl adjacent to an activating group) is 1. The second kappa shape index (κ2) is 7.15. The fourth-order valence-corrected chi connectivity index (χ4v) is 2.60. The molecule has 0 aliphatic rings. The molecule has 1 rings (SSSR count). The molecule has 0 spiro atoms. The van der Waals surface area contributed by atoms with E-state index in [1.54, 1.807) is 0 Å². The summed E-state index contributed by atoms with van der Waals surface area (Å²) in [6, 6.07) is 0. The fourth-order valence-electron chi connectivity index (χ4n) is 2.29. The minimum Gasteiger partial charge on any atom is -0.355 e. The Kier molecular flexibility index (Phi) is 6.14. The van der Waals surface area contributed by atoms with Gasteiger partial charge in [-0.15, -0.1) is 11.6 Å². The highest BCUT2D eigenvalue weighted by atomic mass is 35.5. The van der Waals surface area contributed by atoms with Gasteiger partial charge < -0.3 is 9.80 Å². The average Bonchev–Trinajstić information content (AvgIpc) is 2.58. The van der Waals surface area contributed by atoms with Gasteiger partial charge in [0.25, 0.3) is 0 Å². The number of nitrogens with zero attached hydrogens (tertiary/aromatic N) is 4. The molecule has 1 aromatic heterocycles. The predicted octanol–water partition coefficient (Wildman–Crippen LogP) is 2.49. The summed E-state index contributed by atoms with van der Waals surface area (Å²) in [5.41, 5.74) is 2.19. The van der Waals surface area contributed by atoms with Crippen molar-refractivity contribution in [1.82, 2.24) is 14.7 Å². The molecule has 0 fully saturated rings. The standard InChI is InChI=1S/C14H27ClN4/c1-11(2)10-19(8-7-17(4)5)14-13(9-15)12(3)16-18(14)6/h11H,7-10H2,1-6H3. The van der Waals surface area contributed by atoms with E-state index < -0.39 is 0 Å². The normalized spacial score (nSPS) is 11.6. The third-order valence-corrected chi connectivity index (χ3v) is 3.42. The highest BCUT2D eigenvalue weighted by Crippen LogP contribution is 2.25. The zero-order chi connectivity index (χ0) is 14.6. The summed E-state index contributed by atoms with van der Waals surface area (Å²) >= 11 is 6.10. The third-order valence-electron chi connectivity index (χ3n) is 3.15. The average molecular weight is 287 g/mol. The van der Waals surface area contributed by atoms with E-state index in [1.807, 2.05) is 18.7 Å². The van der Waals surface area contributed by atoms with Crippen LogP contribution in [0.3, 0.4) is 0 Å². The molecule has 0 N–H and O–H groups in total. The van der Waals surface area contributed by atoms with Crippen LogP contribution in [0.25, 0.3) is 0 Å². The molecular weight excluding hydrogens is 260 g/mol. The van der Waals surface area contributed by atoms with Gasteiger partial charge in [-0.2, -0.15) is 5.10 Å². The van der Waals surface area contributed by atoms with Gasteiger partial charge in [0.2, 0.25) is 0 Å². The van der Waals surface area contributed by atoms with Gasteiger partial charge >= 0.3 is 0 Å². The molecule has 4 nitrogen and oxygen atoms in total. The topological polar surface area (TPSA) is 24.3 Å². The SMILES string of the molecule is Cc1nn(C)c(N(CCN(C)C)CC(C)C)c1CCl. The molecule has 0 aliphatic carbocycles. The van der Waals surface area contributed by atoms with Gasteiger partial charge in [0, 0.05) is 32.2 Å². The van der Waals surface area contributed by atoms with E-state index in [-0.39, 0.29) is 0 Å². The molecule has 5 heteroatoms. The Morgan fingerprint density at radius 3 is 2.37 bits per heavy atom. The van der Waals surface area contributed by atoms with Crippen LogP contribution in [0.2, 0.25) is 0 Å². The molecule has 0 unspecified atom stereocenters. The Labute approximate surface area is 122 Å². The Balaban J connectivity index is 3.02. The maximum absolute atomic E-state index is 6.10. The van der Waals surface area contributed by atoms with Gasteiger partial charge in [0.05, 0.1) is 11.6 Å². The maximum Gasteiger partial charge on any atom is 0.131 e. The summed E-state index contributed by atoms with van der Waals surface area (Å²) in [4.78, 5) is 4.61. The largest absolute Gasteiger partial charge is 0.355 e. The van der Waals surface area contributed by atoms with Gasteiger partial charge in [0.1, 0.15) is 5.82 Å². The van der Waals surface area contributed by atoms with Crippen LogP contribution in [-0.4, -0.2) is 48.4 Å². The van der Waals surface area contributed by atoms with Crippen LogP contribution >= 0.6 is 11.6 Å². The van der Waals surface area contributed by atoms with E-state index in [9.17, 15) is 0 Å². The van der Waals surface area contributed by atoms with Gasteiger partial charge in [-0.3, -0.25) is 4.68 Å². The van der Waals surface area contributed by atoms with Crippen LogP contribution in [0.1, 0.15) is 25.1 Å². The van der Waals surface area contributed by atoms with Crippen LogP contribution in [0.15, 0.2) is 0 Å². The predicted molar refractivity (Wildman–Crippen MR) is 83.1 cm³/mol. The molecule has 1 aromatic rings. The molecule has 0 bridgehead atoms. The smallest absolute Gasteiger partial charge is 0.131 e. The number of aryl methyl sites for hydroxylation is 2. The van der Waals surface area contributed by atoms with Crippen LogP contribution in [0.4, 0.5) is 5.82 Å². The number of rotatable bonds is 7. The van der Waals surface area contributed by atoms with Gasteiger partial charge in [0.15, 0.2) is 0 Å². The van der Waals surface area contributed by atoms with Crippen molar-refractivity contribution in [2.45, 2.75) is 26.7 Å². The first kappa shape index (κ1) is 16.3. The number of aromatic nitrogens is 2. The van der Waals surface area contributed by atoms with Crippen molar-refractivity contribution >= 4 is 17.4 Å². The van der Waals surface area contributed by atoms with E-state index >= 15 is 0 Å². The molecule has 0 aliphatic heterocycles. The monoisotopic (exact) mass is 286 g/mol. The van der Waals surface area contributed by atoms with Gasteiger partial charge in [-0.05, 0) is 26.9 Å². The van der Waals surface area contributed by atoms with E-state index in [1.165, 1.54) is 5.82 Å². The van der Waals surface area contributed by atoms with Gasteiger partial charge in [-0.1, -0.05) is 13.8 Å². The van der Waals surface area contributed by atoms with Crippen LogP contribution in [0, 0.1) is 12.8 Å². The van der Waals surface area contributed by atoms with E-state index in [0.717, 1.165) is 30.9 Å². The molecule has 0 saturated carbocycles. The zero-order valence-corrected chi connectivity index (χ0v) is 13.8. The van der Waals surface area contributed by atoms with Crippen LogP contribution < -0.4 is 4.90 Å². The molecule has 0 radical (unpaired) electrons. The molecule has 0 saturated heterocycles. The van der Waals surface area contributed by atoms with E-state index in [0.29, 0.717) is 11.8 Å². The molecule has 110 valence electrons. The Morgan fingerprint density at radius 2 is 1.89 bits per heavy atom. The lowest BCUT2D eigenvalue weighted by atomic mass is 10.2. The lowest BCUT2D eigenvalue weighted by molar-refractivity contribution is 0.407. The third kappa shape index (κ3) is 4.39. The first-order valence-corrected chi connectivity index (χ1v) is 7.38. The molecule has 0 amide bonds. The van der Waals surface area contributed by atoms with Gasteiger partial charge in [-0.25, -0.2) is 0 Å². The molecular formula is C14H27ClN4. The minimum absolute atomic E-state index is 0.519. The summed E-state index contributed by atoms with van der Waals surface area (Å²) in [5, 5.41) is 4.51. The minimum atomic E-state index is 0.519. The van der Waals surface area contributed by atoms with Crippen molar-refractivity contribution in [3.8, 4) is 0 Å².